The van der Waals surface area contributed by atoms with Gasteiger partial charge < -0.3 is 9.47 Å². The van der Waals surface area contributed by atoms with Crippen molar-refractivity contribution in [2.24, 2.45) is 5.92 Å². The van der Waals surface area contributed by atoms with E-state index in [2.05, 4.69) is 19.1 Å². The molecule has 2 rings (SSSR count). The topological polar surface area (TPSA) is 52.6 Å². The lowest BCUT2D eigenvalue weighted by Gasteiger charge is -2.29. The molecule has 0 saturated heterocycles. The lowest BCUT2D eigenvalue weighted by atomic mass is 9.77. The van der Waals surface area contributed by atoms with Crippen LogP contribution in [-0.4, -0.2) is 24.1 Å². The van der Waals surface area contributed by atoms with E-state index >= 15 is 0 Å². The summed E-state index contributed by atoms with van der Waals surface area (Å²) in [6.45, 7) is 7.50. The average Bonchev–Trinajstić information content (AvgIpc) is 2.74. The monoisotopic (exact) mass is 402 g/mol. The molecule has 1 aliphatic carbocycles. The molecule has 4 nitrogen and oxygen atoms in total. The summed E-state index contributed by atoms with van der Waals surface area (Å²) in [6.07, 6.45) is 9.92. The van der Waals surface area contributed by atoms with E-state index in [-0.39, 0.29) is 11.9 Å². The molecule has 1 fully saturated rings. The van der Waals surface area contributed by atoms with Crippen molar-refractivity contribution in [2.45, 2.75) is 104 Å². The maximum atomic E-state index is 12.4. The quantitative estimate of drug-likeness (QED) is 0.334. The van der Waals surface area contributed by atoms with E-state index in [0.29, 0.717) is 17.9 Å². The highest BCUT2D eigenvalue weighted by atomic mass is 16.6. The van der Waals surface area contributed by atoms with E-state index in [1.165, 1.54) is 56.9 Å². The van der Waals surface area contributed by atoms with Gasteiger partial charge >= 0.3 is 11.9 Å². The van der Waals surface area contributed by atoms with Crippen LogP contribution in [0.2, 0.25) is 0 Å². The first-order valence-electron chi connectivity index (χ1n) is 11.4. The van der Waals surface area contributed by atoms with Gasteiger partial charge in [0.1, 0.15) is 12.2 Å². The fourth-order valence-corrected chi connectivity index (χ4v) is 4.08. The number of unbranched alkanes of at least 4 members (excludes halogenated alkanes) is 2. The highest BCUT2D eigenvalue weighted by molar-refractivity contribution is 5.89. The van der Waals surface area contributed by atoms with Gasteiger partial charge in [-0.25, -0.2) is 4.79 Å². The van der Waals surface area contributed by atoms with Crippen LogP contribution >= 0.6 is 0 Å². The van der Waals surface area contributed by atoms with Crippen LogP contribution in [0.4, 0.5) is 0 Å². The summed E-state index contributed by atoms with van der Waals surface area (Å²) in [7, 11) is 0. The minimum Gasteiger partial charge on any atom is -0.459 e. The molecule has 0 bridgehead atoms. The number of hydrogen-bond acceptors (Lipinski definition) is 4. The van der Waals surface area contributed by atoms with Crippen molar-refractivity contribution in [1.29, 1.82) is 0 Å². The molecule has 4 heteroatoms. The zero-order valence-corrected chi connectivity index (χ0v) is 18.6. The first-order chi connectivity index (χ1) is 13.9. The molecule has 162 valence electrons. The second-order valence-electron chi connectivity index (χ2n) is 8.49. The van der Waals surface area contributed by atoms with Gasteiger partial charge in [0.15, 0.2) is 0 Å². The van der Waals surface area contributed by atoms with Crippen LogP contribution in [0, 0.1) is 5.92 Å². The first kappa shape index (κ1) is 23.4. The largest absolute Gasteiger partial charge is 0.459 e. The Morgan fingerprint density at radius 1 is 0.931 bits per heavy atom. The summed E-state index contributed by atoms with van der Waals surface area (Å²) in [5.74, 6) is 0.847. The van der Waals surface area contributed by atoms with Gasteiger partial charge in [0.25, 0.3) is 0 Å². The van der Waals surface area contributed by atoms with E-state index < -0.39 is 12.2 Å². The molecule has 2 atom stereocenters. The van der Waals surface area contributed by atoms with Gasteiger partial charge in [0.05, 0.1) is 5.56 Å². The number of carbonyl (C=O) groups is 2. The maximum Gasteiger partial charge on any atom is 0.338 e. The summed E-state index contributed by atoms with van der Waals surface area (Å²) < 4.78 is 10.7. The molecular formula is C25H38O4. The predicted molar refractivity (Wildman–Crippen MR) is 116 cm³/mol. The molecule has 1 saturated carbocycles. The highest BCUT2D eigenvalue weighted by Crippen LogP contribution is 2.37. The molecule has 1 aromatic carbocycles. The molecule has 0 radical (unpaired) electrons. The van der Waals surface area contributed by atoms with Crippen LogP contribution in [0.1, 0.15) is 107 Å². The van der Waals surface area contributed by atoms with Gasteiger partial charge in [0.2, 0.25) is 0 Å². The Bertz CT molecular complexity index is 629. The van der Waals surface area contributed by atoms with E-state index in [1.54, 1.807) is 20.8 Å². The third-order valence-corrected chi connectivity index (χ3v) is 6.24. The third kappa shape index (κ3) is 7.49. The molecule has 0 amide bonds. The molecule has 0 heterocycles. The SMILES string of the molecule is CCCCC[C@H]1CC[C@H](c2ccc(C(=O)OC(C)C(C)OC(=O)CC)cc2)CC1. The van der Waals surface area contributed by atoms with Crippen LogP contribution in [0.3, 0.4) is 0 Å². The molecule has 0 spiro atoms. The zero-order valence-electron chi connectivity index (χ0n) is 18.6. The van der Waals surface area contributed by atoms with Crippen LogP contribution in [0.5, 0.6) is 0 Å². The lowest BCUT2D eigenvalue weighted by molar-refractivity contribution is -0.152. The standard InChI is InChI=1S/C25H38O4/c1-5-7-8-9-20-10-12-21(13-11-20)22-14-16-23(17-15-22)25(27)29-19(4)18(3)28-24(26)6-2/h14-21H,5-13H2,1-4H3/t18?,19?,20-,21-. The van der Waals surface area contributed by atoms with Crippen LogP contribution in [0.25, 0.3) is 0 Å². The van der Waals surface area contributed by atoms with Gasteiger partial charge in [-0.05, 0) is 69.1 Å². The Hall–Kier alpha value is -1.84. The maximum absolute atomic E-state index is 12.4. The van der Waals surface area contributed by atoms with Crippen LogP contribution in [-0.2, 0) is 14.3 Å². The van der Waals surface area contributed by atoms with Crippen molar-refractivity contribution in [1.82, 2.24) is 0 Å². The number of carbonyl (C=O) groups excluding carboxylic acids is 2. The van der Waals surface area contributed by atoms with E-state index in [9.17, 15) is 9.59 Å². The van der Waals surface area contributed by atoms with Gasteiger partial charge in [-0.15, -0.1) is 0 Å². The number of esters is 2. The number of rotatable bonds is 10. The molecule has 1 aliphatic rings. The molecule has 29 heavy (non-hydrogen) atoms. The summed E-state index contributed by atoms with van der Waals surface area (Å²) in [5, 5.41) is 0. The van der Waals surface area contributed by atoms with Crippen LogP contribution in [0.15, 0.2) is 24.3 Å². The Morgan fingerprint density at radius 2 is 1.55 bits per heavy atom. The zero-order chi connectivity index (χ0) is 21.2. The Labute approximate surface area is 176 Å². The van der Waals surface area contributed by atoms with Crippen molar-refractivity contribution in [3.05, 3.63) is 35.4 Å². The average molecular weight is 403 g/mol. The van der Waals surface area contributed by atoms with Gasteiger partial charge in [-0.1, -0.05) is 51.7 Å². The van der Waals surface area contributed by atoms with Crippen molar-refractivity contribution in [2.75, 3.05) is 0 Å². The number of ether oxygens (including phenoxy) is 2. The van der Waals surface area contributed by atoms with Crippen molar-refractivity contribution in [3.8, 4) is 0 Å². The highest BCUT2D eigenvalue weighted by Gasteiger charge is 2.23. The summed E-state index contributed by atoms with van der Waals surface area (Å²) in [4.78, 5) is 23.8. The molecular weight excluding hydrogens is 364 g/mol. The number of benzene rings is 1. The van der Waals surface area contributed by atoms with E-state index in [0.717, 1.165) is 5.92 Å². The van der Waals surface area contributed by atoms with Crippen molar-refractivity contribution < 1.29 is 19.1 Å². The van der Waals surface area contributed by atoms with Crippen LogP contribution < -0.4 is 0 Å². The van der Waals surface area contributed by atoms with Gasteiger partial charge in [-0.2, -0.15) is 0 Å². The minimum atomic E-state index is -0.485. The smallest absolute Gasteiger partial charge is 0.338 e. The Balaban J connectivity index is 1.82. The van der Waals surface area contributed by atoms with E-state index in [4.69, 9.17) is 9.47 Å². The second kappa shape index (κ2) is 12.0. The molecule has 0 N–H and O–H groups in total. The van der Waals surface area contributed by atoms with Crippen molar-refractivity contribution >= 4 is 11.9 Å². The molecule has 0 aliphatic heterocycles. The van der Waals surface area contributed by atoms with Crippen molar-refractivity contribution in [3.63, 3.8) is 0 Å². The first-order valence-corrected chi connectivity index (χ1v) is 11.4. The summed E-state index contributed by atoms with van der Waals surface area (Å²) in [5.41, 5.74) is 1.87. The fraction of sp³-hybridized carbons (Fsp3) is 0.680. The summed E-state index contributed by atoms with van der Waals surface area (Å²) in [6, 6.07) is 7.87. The normalized spacial score (nSPS) is 21.2. The predicted octanol–water partition coefficient (Wildman–Crippen LogP) is 6.43. The third-order valence-electron chi connectivity index (χ3n) is 6.24. The van der Waals surface area contributed by atoms with Gasteiger partial charge in [0, 0.05) is 6.42 Å². The summed E-state index contributed by atoms with van der Waals surface area (Å²) >= 11 is 0. The second-order valence-corrected chi connectivity index (χ2v) is 8.49. The number of hydrogen-bond donors (Lipinski definition) is 0. The Kier molecular flexibility index (Phi) is 9.69. The Morgan fingerprint density at radius 3 is 2.14 bits per heavy atom. The molecule has 2 unspecified atom stereocenters. The minimum absolute atomic E-state index is 0.287. The van der Waals surface area contributed by atoms with E-state index in [1.807, 2.05) is 12.1 Å². The lowest BCUT2D eigenvalue weighted by Crippen LogP contribution is -2.30. The van der Waals surface area contributed by atoms with Gasteiger partial charge in [-0.3, -0.25) is 4.79 Å². The fourth-order valence-electron chi connectivity index (χ4n) is 4.08. The molecule has 1 aromatic rings. The molecule has 0 aromatic heterocycles.